The number of hydrogen-bond acceptors (Lipinski definition) is 16. The molecule has 2 N–H and O–H groups in total. The van der Waals surface area contributed by atoms with Crippen molar-refractivity contribution in [2.24, 2.45) is 16.7 Å². The van der Waals surface area contributed by atoms with E-state index in [-0.39, 0.29) is 23.1 Å². The summed E-state index contributed by atoms with van der Waals surface area (Å²) in [5.41, 5.74) is -12.2. The first-order valence-electron chi connectivity index (χ1n) is 23.1. The third-order valence-electron chi connectivity index (χ3n) is 14.3. The second kappa shape index (κ2) is 21.8. The van der Waals surface area contributed by atoms with Gasteiger partial charge in [-0.1, -0.05) is 150 Å². The molecule has 0 radical (unpaired) electrons. The molecule has 7 rings (SSSR count). The normalized spacial score (nSPS) is 30.2. The van der Waals surface area contributed by atoms with Crippen LogP contribution in [0.2, 0.25) is 0 Å². The fourth-order valence-corrected chi connectivity index (χ4v) is 10.9. The number of rotatable bonds is 13. The third kappa shape index (κ3) is 11.8. The summed E-state index contributed by atoms with van der Waals surface area (Å²) in [4.78, 5) is 99.2. The van der Waals surface area contributed by atoms with Gasteiger partial charge in [0.25, 0.3) is 5.91 Å². The topological polar surface area (TPSA) is 226 Å². The average Bonchev–Trinajstić information content (AvgIpc) is 3.34. The summed E-state index contributed by atoms with van der Waals surface area (Å²) in [6, 6.07) is 21.2. The van der Waals surface area contributed by atoms with Crippen LogP contribution in [-0.4, -0.2) is 122 Å². The number of carbonyl (C=O) groups excluding carboxylic acids is 7. The lowest BCUT2D eigenvalue weighted by Crippen LogP contribution is -2.81. The van der Waals surface area contributed by atoms with Gasteiger partial charge in [0.15, 0.2) is 17.1 Å². The predicted molar refractivity (Wildman–Crippen MR) is 268 cm³/mol. The Kier molecular flexibility index (Phi) is 16.8. The molecule has 2 saturated carbocycles. The van der Waals surface area contributed by atoms with Crippen LogP contribution in [0.25, 0.3) is 0 Å². The highest BCUT2D eigenvalue weighted by molar-refractivity contribution is 6.68. The number of allylic oxidation sites excluding steroid dienone is 1. The summed E-state index contributed by atoms with van der Waals surface area (Å²) in [7, 11) is 0. The molecular weight excluding hydrogens is 1110 g/mol. The minimum Gasteiger partial charge on any atom is -0.456 e. The number of benzene rings is 3. The van der Waals surface area contributed by atoms with Gasteiger partial charge in [-0.05, 0) is 55.3 Å². The molecule has 1 aliphatic heterocycles. The zero-order valence-corrected chi connectivity index (χ0v) is 45.1. The van der Waals surface area contributed by atoms with E-state index < -0.39 is 151 Å². The summed E-state index contributed by atoms with van der Waals surface area (Å²) in [6.07, 6.45) is -13.0. The Morgan fingerprint density at radius 3 is 1.85 bits per heavy atom. The van der Waals surface area contributed by atoms with E-state index in [2.05, 4.69) is 5.32 Å². The van der Waals surface area contributed by atoms with Gasteiger partial charge in [0.05, 0.1) is 23.5 Å². The Morgan fingerprint density at radius 1 is 0.773 bits per heavy atom. The highest BCUT2D eigenvalue weighted by Gasteiger charge is 2.79. The van der Waals surface area contributed by atoms with Gasteiger partial charge in [0.2, 0.25) is 13.7 Å². The van der Waals surface area contributed by atoms with E-state index in [4.69, 9.17) is 108 Å². The van der Waals surface area contributed by atoms with Crippen LogP contribution in [0.4, 0.5) is 14.0 Å². The van der Waals surface area contributed by atoms with E-state index in [0.717, 1.165) is 19.9 Å². The number of amides is 1. The second-order valence-electron chi connectivity index (χ2n) is 19.4. The standard InChI is InChI=1S/C51H50Cl6FNO16/c1-27(60)75-48-24-68-34(48)22-33(72-43(65)69-25-50(52,53)54)46(4)32(61)21-31-45(2,3)49(67,39(38(46)48)74-41(63)30-19-13-8-14-20-30)23-35(47(31,5)58)71-42(64)37(73-44(66)70-26-51(55,56)57)36(28-15-9-6-10-16-28)59-40(62)29-17-11-7-12-18-29/h6-21,33-39,67H,22-26H2,1-5H3,(H,59,62)/b31-21+/t33-,34+,35-,36-,37+,38?,39-,46+,47?,48-,49+/m0/s1. The van der Waals surface area contributed by atoms with Crippen LogP contribution < -0.4 is 5.32 Å². The van der Waals surface area contributed by atoms with Gasteiger partial charge < -0.3 is 48.3 Å². The molecule has 3 aromatic carbocycles. The molecule has 11 atom stereocenters. The zero-order valence-electron chi connectivity index (χ0n) is 40.5. The Morgan fingerprint density at radius 2 is 1.32 bits per heavy atom. The van der Waals surface area contributed by atoms with Crippen molar-refractivity contribution in [2.75, 3.05) is 19.8 Å². The van der Waals surface area contributed by atoms with Gasteiger partial charge in [0, 0.05) is 30.7 Å². The van der Waals surface area contributed by atoms with Gasteiger partial charge >= 0.3 is 30.2 Å². The zero-order chi connectivity index (χ0) is 55.1. The maximum atomic E-state index is 18.6. The molecule has 1 amide bonds. The highest BCUT2D eigenvalue weighted by atomic mass is 35.6. The Hall–Kier alpha value is -4.92. The SMILES string of the molecule is CC(=O)O[C@@]12CO[C@@H]1C[C@H](OC(=O)OCC(Cl)(Cl)Cl)[C@@]1(C)C(=O)/C=C3/C(C)(F)[C@@H](OC(=O)[C@H](OC(=O)OCC(Cl)(Cl)Cl)[C@@H](NC(=O)c4ccccc4)c4ccccc4)C[C@@](O)([C@@H](OC(=O)c4ccccc4)C12)C3(C)C. The lowest BCUT2D eigenvalue weighted by atomic mass is 9.45. The monoisotopic (exact) mass is 1160 g/mol. The van der Waals surface area contributed by atoms with Crippen molar-refractivity contribution in [3.8, 4) is 0 Å². The van der Waals surface area contributed by atoms with Crippen LogP contribution in [0.5, 0.6) is 0 Å². The molecule has 0 aromatic heterocycles. The minimum absolute atomic E-state index is 0.0631. The molecule has 2 bridgehead atoms. The van der Waals surface area contributed by atoms with Crippen LogP contribution >= 0.6 is 69.6 Å². The van der Waals surface area contributed by atoms with Crippen LogP contribution in [-0.2, 0) is 52.3 Å². The van der Waals surface area contributed by atoms with Gasteiger partial charge in [-0.2, -0.15) is 0 Å². The number of nitrogens with one attached hydrogen (secondary N) is 1. The number of ketones is 1. The number of carbonyl (C=O) groups is 7. The molecule has 2 unspecified atom stereocenters. The van der Waals surface area contributed by atoms with Crippen LogP contribution in [0, 0.1) is 16.7 Å². The summed E-state index contributed by atoms with van der Waals surface area (Å²) < 4.78 is 60.3. The number of alkyl halides is 7. The lowest BCUT2D eigenvalue weighted by molar-refractivity contribution is -0.345. The molecule has 1 saturated heterocycles. The Balaban J connectivity index is 1.40. The molecule has 404 valence electrons. The van der Waals surface area contributed by atoms with Gasteiger partial charge in [-0.25, -0.2) is 23.6 Å². The number of esters is 3. The van der Waals surface area contributed by atoms with Crippen molar-refractivity contribution in [2.45, 2.75) is 108 Å². The molecular formula is C51H50Cl6FNO16. The largest absolute Gasteiger partial charge is 0.509 e. The average molecular weight is 1160 g/mol. The quantitative estimate of drug-likeness (QED) is 0.0924. The highest BCUT2D eigenvalue weighted by Crippen LogP contribution is 2.65. The minimum atomic E-state index is -2.97. The van der Waals surface area contributed by atoms with Crippen LogP contribution in [0.15, 0.2) is 103 Å². The number of fused-ring (bicyclic) bond motifs is 5. The van der Waals surface area contributed by atoms with Crippen molar-refractivity contribution in [3.63, 3.8) is 0 Å². The number of hydrogen-bond donors (Lipinski definition) is 2. The van der Waals surface area contributed by atoms with Crippen LogP contribution in [0.1, 0.15) is 79.8 Å². The summed E-state index contributed by atoms with van der Waals surface area (Å²) in [5, 5.41) is 16.6. The summed E-state index contributed by atoms with van der Waals surface area (Å²) in [5.74, 6) is -7.04. The number of aliphatic hydroxyl groups is 1. The van der Waals surface area contributed by atoms with E-state index in [1.165, 1.54) is 69.3 Å². The van der Waals surface area contributed by atoms with Gasteiger partial charge in [-0.3, -0.25) is 14.4 Å². The molecule has 75 heavy (non-hydrogen) atoms. The van der Waals surface area contributed by atoms with E-state index in [1.807, 2.05) is 0 Å². The van der Waals surface area contributed by atoms with E-state index in [9.17, 15) is 29.1 Å². The Labute approximate surface area is 459 Å². The smallest absolute Gasteiger partial charge is 0.456 e. The predicted octanol–water partition coefficient (Wildman–Crippen LogP) is 9.20. The molecule has 17 nitrogen and oxygen atoms in total. The van der Waals surface area contributed by atoms with Gasteiger partial charge in [0.1, 0.15) is 49.3 Å². The van der Waals surface area contributed by atoms with Gasteiger partial charge in [-0.15, -0.1) is 0 Å². The second-order valence-corrected chi connectivity index (χ2v) is 24.4. The summed E-state index contributed by atoms with van der Waals surface area (Å²) >= 11 is 35.1. The fourth-order valence-electron chi connectivity index (χ4n) is 10.6. The molecule has 3 fully saturated rings. The fraction of sp³-hybridized carbons (Fsp3) is 0.471. The third-order valence-corrected chi connectivity index (χ3v) is 15.0. The molecule has 1 heterocycles. The molecule has 0 spiro atoms. The lowest BCUT2D eigenvalue weighted by Gasteiger charge is -2.67. The van der Waals surface area contributed by atoms with E-state index >= 15 is 14.0 Å². The van der Waals surface area contributed by atoms with Crippen molar-refractivity contribution in [1.82, 2.24) is 5.32 Å². The molecule has 3 aromatic rings. The maximum Gasteiger partial charge on any atom is 0.509 e. The molecule has 4 aliphatic rings. The number of ether oxygens (including phenoxy) is 8. The van der Waals surface area contributed by atoms with Crippen molar-refractivity contribution >= 4 is 112 Å². The first-order chi connectivity index (χ1) is 34.9. The first kappa shape index (κ1) is 57.8. The molecule has 3 aliphatic carbocycles. The maximum absolute atomic E-state index is 18.6. The van der Waals surface area contributed by atoms with E-state index in [0.29, 0.717) is 0 Å². The van der Waals surface area contributed by atoms with Crippen molar-refractivity contribution < 1.29 is 81.0 Å². The van der Waals surface area contributed by atoms with Crippen molar-refractivity contribution in [1.29, 1.82) is 0 Å². The molecule has 24 heteroatoms. The Bertz CT molecular complexity index is 2710. The van der Waals surface area contributed by atoms with Crippen LogP contribution in [0.3, 0.4) is 0 Å². The van der Waals surface area contributed by atoms with E-state index in [1.54, 1.807) is 42.5 Å². The number of halogens is 7. The van der Waals surface area contributed by atoms with Crippen molar-refractivity contribution in [3.05, 3.63) is 119 Å². The first-order valence-corrected chi connectivity index (χ1v) is 25.4. The summed E-state index contributed by atoms with van der Waals surface area (Å²) in [6.45, 7) is 3.93.